The Morgan fingerprint density at radius 2 is 1.82 bits per heavy atom. The van der Waals surface area contributed by atoms with Crippen LogP contribution >= 0.6 is 11.8 Å². The lowest BCUT2D eigenvalue weighted by Crippen LogP contribution is -2.40. The third-order valence-corrected chi connectivity index (χ3v) is 8.55. The largest absolute Gasteiger partial charge is 0.379 e. The van der Waals surface area contributed by atoms with Crippen molar-refractivity contribution >= 4 is 44.3 Å². The van der Waals surface area contributed by atoms with E-state index >= 15 is 0 Å². The molecule has 4 rings (SSSR count). The fourth-order valence-corrected chi connectivity index (χ4v) is 6.04. The molecule has 1 amide bonds. The topological polar surface area (TPSA) is 88.6 Å². The van der Waals surface area contributed by atoms with Gasteiger partial charge in [0.1, 0.15) is 0 Å². The van der Waals surface area contributed by atoms with Gasteiger partial charge in [-0.3, -0.25) is 4.79 Å². The SMILES string of the molecule is Cc1ccccc1NC(=O)C(C)Sc1cc(C)c2cc(S(=O)(=O)N3CCOCC3)ccc2n1. The van der Waals surface area contributed by atoms with Crippen LogP contribution in [0.15, 0.2) is 58.5 Å². The lowest BCUT2D eigenvalue weighted by molar-refractivity contribution is -0.115. The summed E-state index contributed by atoms with van der Waals surface area (Å²) in [6, 6.07) is 14.6. The monoisotopic (exact) mass is 485 g/mol. The van der Waals surface area contributed by atoms with Crippen molar-refractivity contribution in [1.82, 2.24) is 9.29 Å². The standard InChI is InChI=1S/C24H27N3O4S2/c1-16-6-4-5-7-21(16)26-24(28)18(3)32-23-14-17(2)20-15-19(8-9-22(20)25-23)33(29,30)27-10-12-31-13-11-27/h4-9,14-15,18H,10-13H2,1-3H3,(H,26,28). The molecule has 1 saturated heterocycles. The first-order chi connectivity index (χ1) is 15.8. The first kappa shape index (κ1) is 23.7. The van der Waals surface area contributed by atoms with Gasteiger partial charge in [-0.15, -0.1) is 0 Å². The Hall–Kier alpha value is -2.46. The number of aryl methyl sites for hydroxylation is 2. The third kappa shape index (κ3) is 5.22. The minimum Gasteiger partial charge on any atom is -0.379 e. The summed E-state index contributed by atoms with van der Waals surface area (Å²) in [7, 11) is -3.58. The highest BCUT2D eigenvalue weighted by Gasteiger charge is 2.27. The van der Waals surface area contributed by atoms with Gasteiger partial charge in [-0.05, 0) is 62.2 Å². The van der Waals surface area contributed by atoms with Gasteiger partial charge in [0.15, 0.2) is 0 Å². The highest BCUT2D eigenvalue weighted by molar-refractivity contribution is 8.00. The lowest BCUT2D eigenvalue weighted by Gasteiger charge is -2.26. The normalized spacial score (nSPS) is 16.0. The van der Waals surface area contributed by atoms with Gasteiger partial charge in [0.2, 0.25) is 15.9 Å². The molecule has 174 valence electrons. The van der Waals surface area contributed by atoms with Crippen LogP contribution in [-0.2, 0) is 19.6 Å². The number of carbonyl (C=O) groups is 1. The zero-order chi connectivity index (χ0) is 23.6. The quantitative estimate of drug-likeness (QED) is 0.531. The van der Waals surface area contributed by atoms with Gasteiger partial charge in [0.05, 0.1) is 33.9 Å². The average Bonchev–Trinajstić information content (AvgIpc) is 2.81. The number of nitrogens with one attached hydrogen (secondary N) is 1. The average molecular weight is 486 g/mol. The number of aromatic nitrogens is 1. The molecule has 2 heterocycles. The molecule has 0 radical (unpaired) electrons. The van der Waals surface area contributed by atoms with E-state index in [2.05, 4.69) is 10.3 Å². The number of hydrogen-bond acceptors (Lipinski definition) is 6. The number of rotatable bonds is 6. The Bertz CT molecular complexity index is 1290. The minimum absolute atomic E-state index is 0.0965. The van der Waals surface area contributed by atoms with Gasteiger partial charge >= 0.3 is 0 Å². The summed E-state index contributed by atoms with van der Waals surface area (Å²) >= 11 is 1.37. The Kier molecular flexibility index (Phi) is 7.04. The number of amides is 1. The van der Waals surface area contributed by atoms with Gasteiger partial charge in [0.25, 0.3) is 0 Å². The molecule has 0 bridgehead atoms. The lowest BCUT2D eigenvalue weighted by atomic mass is 10.1. The van der Waals surface area contributed by atoms with E-state index in [1.807, 2.05) is 51.1 Å². The van der Waals surface area contributed by atoms with Crippen LogP contribution in [0.4, 0.5) is 5.69 Å². The number of pyridine rings is 1. The number of ether oxygens (including phenoxy) is 1. The first-order valence-electron chi connectivity index (χ1n) is 10.8. The molecular formula is C24H27N3O4S2. The van der Waals surface area contributed by atoms with Crippen molar-refractivity contribution in [2.75, 3.05) is 31.6 Å². The molecule has 1 unspecified atom stereocenters. The number of thioether (sulfide) groups is 1. The highest BCUT2D eigenvalue weighted by Crippen LogP contribution is 2.29. The maximum absolute atomic E-state index is 13.0. The summed E-state index contributed by atoms with van der Waals surface area (Å²) in [5.41, 5.74) is 3.41. The molecule has 0 spiro atoms. The summed E-state index contributed by atoms with van der Waals surface area (Å²) in [5, 5.41) is 4.12. The summed E-state index contributed by atoms with van der Waals surface area (Å²) in [4.78, 5) is 17.6. The number of hydrogen-bond donors (Lipinski definition) is 1. The molecule has 1 aliphatic heterocycles. The number of para-hydroxylation sites is 1. The summed E-state index contributed by atoms with van der Waals surface area (Å²) in [6.07, 6.45) is 0. The van der Waals surface area contributed by atoms with Crippen LogP contribution in [0.5, 0.6) is 0 Å². The molecular weight excluding hydrogens is 458 g/mol. The molecule has 2 aromatic carbocycles. The predicted molar refractivity (Wildman–Crippen MR) is 131 cm³/mol. The molecule has 7 nitrogen and oxygen atoms in total. The predicted octanol–water partition coefficient (Wildman–Crippen LogP) is 3.99. The second-order valence-electron chi connectivity index (χ2n) is 8.04. The Morgan fingerprint density at radius 3 is 2.55 bits per heavy atom. The molecule has 9 heteroatoms. The zero-order valence-electron chi connectivity index (χ0n) is 18.9. The maximum atomic E-state index is 13.0. The second kappa shape index (κ2) is 9.80. The van der Waals surface area contributed by atoms with E-state index in [0.717, 1.165) is 27.2 Å². The third-order valence-electron chi connectivity index (χ3n) is 5.64. The van der Waals surface area contributed by atoms with Crippen LogP contribution in [0.2, 0.25) is 0 Å². The summed E-state index contributed by atoms with van der Waals surface area (Å²) in [5.74, 6) is -0.0965. The molecule has 0 aliphatic carbocycles. The van der Waals surface area contributed by atoms with Gasteiger partial charge in [-0.2, -0.15) is 4.31 Å². The van der Waals surface area contributed by atoms with Crippen LogP contribution < -0.4 is 5.32 Å². The number of carbonyl (C=O) groups excluding carboxylic acids is 1. The number of nitrogens with zero attached hydrogens (tertiary/aromatic N) is 2. The Balaban J connectivity index is 1.53. The van der Waals surface area contributed by atoms with E-state index < -0.39 is 10.0 Å². The van der Waals surface area contributed by atoms with E-state index in [4.69, 9.17) is 4.74 Å². The van der Waals surface area contributed by atoms with Crippen molar-refractivity contribution < 1.29 is 17.9 Å². The summed E-state index contributed by atoms with van der Waals surface area (Å²) in [6.45, 7) is 7.25. The number of sulfonamides is 1. The van der Waals surface area contributed by atoms with Crippen molar-refractivity contribution in [3.63, 3.8) is 0 Å². The van der Waals surface area contributed by atoms with Crippen molar-refractivity contribution in [2.45, 2.75) is 35.9 Å². The minimum atomic E-state index is -3.58. The van der Waals surface area contributed by atoms with Crippen LogP contribution in [0.1, 0.15) is 18.1 Å². The molecule has 33 heavy (non-hydrogen) atoms. The highest BCUT2D eigenvalue weighted by atomic mass is 32.2. The van der Waals surface area contributed by atoms with Crippen molar-refractivity contribution in [2.24, 2.45) is 0 Å². The van der Waals surface area contributed by atoms with E-state index in [1.54, 1.807) is 18.2 Å². The maximum Gasteiger partial charge on any atom is 0.243 e. The van der Waals surface area contributed by atoms with Crippen molar-refractivity contribution in [3.8, 4) is 0 Å². The second-order valence-corrected chi connectivity index (χ2v) is 11.3. The van der Waals surface area contributed by atoms with Crippen molar-refractivity contribution in [3.05, 3.63) is 59.7 Å². The Labute approximate surface area is 198 Å². The fourth-order valence-electron chi connectivity index (χ4n) is 3.68. The van der Waals surface area contributed by atoms with E-state index in [1.165, 1.54) is 16.1 Å². The molecule has 1 fully saturated rings. The zero-order valence-corrected chi connectivity index (χ0v) is 20.5. The number of morpholine rings is 1. The number of fused-ring (bicyclic) bond motifs is 1. The van der Waals surface area contributed by atoms with Gasteiger partial charge < -0.3 is 10.1 Å². The molecule has 1 aromatic heterocycles. The van der Waals surface area contributed by atoms with Crippen LogP contribution in [0.25, 0.3) is 10.9 Å². The Morgan fingerprint density at radius 1 is 1.09 bits per heavy atom. The number of benzene rings is 2. The van der Waals surface area contributed by atoms with Crippen LogP contribution in [-0.4, -0.2) is 55.2 Å². The molecule has 1 N–H and O–H groups in total. The fraction of sp³-hybridized carbons (Fsp3) is 0.333. The van der Waals surface area contributed by atoms with Crippen LogP contribution in [0.3, 0.4) is 0 Å². The van der Waals surface area contributed by atoms with E-state index in [0.29, 0.717) is 31.8 Å². The van der Waals surface area contributed by atoms with Gasteiger partial charge in [-0.1, -0.05) is 30.0 Å². The van der Waals surface area contributed by atoms with Crippen molar-refractivity contribution in [1.29, 1.82) is 0 Å². The molecule has 1 atom stereocenters. The van der Waals surface area contributed by atoms with Crippen LogP contribution in [0, 0.1) is 13.8 Å². The molecule has 0 saturated carbocycles. The molecule has 1 aliphatic rings. The number of anilines is 1. The first-order valence-corrected chi connectivity index (χ1v) is 13.1. The van der Waals surface area contributed by atoms with E-state index in [-0.39, 0.29) is 16.1 Å². The van der Waals surface area contributed by atoms with Gasteiger partial charge in [0, 0.05) is 24.2 Å². The smallest absolute Gasteiger partial charge is 0.243 e. The van der Waals surface area contributed by atoms with E-state index in [9.17, 15) is 13.2 Å². The summed E-state index contributed by atoms with van der Waals surface area (Å²) < 4.78 is 32.7. The molecule has 3 aromatic rings. The van der Waals surface area contributed by atoms with Gasteiger partial charge in [-0.25, -0.2) is 13.4 Å².